The molecule has 0 saturated carbocycles. The lowest BCUT2D eigenvalue weighted by atomic mass is 10.1. The molecule has 0 radical (unpaired) electrons. The maximum atomic E-state index is 12.0. The molecule has 0 aliphatic heterocycles. The van der Waals surface area contributed by atoms with E-state index in [0.29, 0.717) is 11.5 Å². The number of phenols is 1. The van der Waals surface area contributed by atoms with Gasteiger partial charge in [0.2, 0.25) is 0 Å². The van der Waals surface area contributed by atoms with Crippen LogP contribution in [-0.2, 0) is 14.3 Å². The summed E-state index contributed by atoms with van der Waals surface area (Å²) in [5.41, 5.74) is 0.539. The summed E-state index contributed by atoms with van der Waals surface area (Å²) in [6, 6.07) is 4.56. The van der Waals surface area contributed by atoms with Crippen LogP contribution < -0.4 is 4.74 Å². The molecule has 5 nitrogen and oxygen atoms in total. The average molecular weight is 306 g/mol. The van der Waals surface area contributed by atoms with E-state index in [0.717, 1.165) is 6.42 Å². The molecule has 1 N–H and O–H groups in total. The van der Waals surface area contributed by atoms with Gasteiger partial charge in [-0.05, 0) is 43.0 Å². The van der Waals surface area contributed by atoms with Crippen LogP contribution >= 0.6 is 0 Å². The van der Waals surface area contributed by atoms with E-state index < -0.39 is 5.97 Å². The topological polar surface area (TPSA) is 72.8 Å². The number of benzene rings is 1. The van der Waals surface area contributed by atoms with E-state index >= 15 is 0 Å². The zero-order chi connectivity index (χ0) is 16.7. The molecule has 0 bridgehead atoms. The summed E-state index contributed by atoms with van der Waals surface area (Å²) in [6.07, 6.45) is 2.17. The van der Waals surface area contributed by atoms with Gasteiger partial charge in [-0.1, -0.05) is 19.9 Å². The summed E-state index contributed by atoms with van der Waals surface area (Å²) in [7, 11) is 1.43. The lowest BCUT2D eigenvalue weighted by Gasteiger charge is -2.08. The number of ether oxygens (including phenoxy) is 2. The van der Waals surface area contributed by atoms with E-state index in [-0.39, 0.29) is 29.5 Å². The molecular formula is C17H22O5. The molecule has 22 heavy (non-hydrogen) atoms. The van der Waals surface area contributed by atoms with Crippen molar-refractivity contribution in [2.75, 3.05) is 13.7 Å². The van der Waals surface area contributed by atoms with E-state index in [2.05, 4.69) is 0 Å². The van der Waals surface area contributed by atoms with Crippen LogP contribution in [0.1, 0.15) is 32.8 Å². The molecule has 120 valence electrons. The minimum Gasteiger partial charge on any atom is -0.504 e. The number of methoxy groups -OCH3 is 1. The summed E-state index contributed by atoms with van der Waals surface area (Å²) in [4.78, 5) is 23.7. The lowest BCUT2D eigenvalue weighted by molar-refractivity contribution is -0.140. The number of rotatable bonds is 7. The van der Waals surface area contributed by atoms with Crippen molar-refractivity contribution in [3.63, 3.8) is 0 Å². The highest BCUT2D eigenvalue weighted by Gasteiger charge is 2.16. The van der Waals surface area contributed by atoms with Gasteiger partial charge in [0.05, 0.1) is 13.7 Å². The van der Waals surface area contributed by atoms with Crippen molar-refractivity contribution in [2.45, 2.75) is 27.2 Å². The van der Waals surface area contributed by atoms with E-state index in [1.165, 1.54) is 26.2 Å². The van der Waals surface area contributed by atoms with Crippen molar-refractivity contribution in [1.29, 1.82) is 0 Å². The first-order valence-corrected chi connectivity index (χ1v) is 7.12. The number of phenolic OH excluding ortho intramolecular Hbond substituents is 1. The first-order valence-electron chi connectivity index (χ1n) is 7.12. The van der Waals surface area contributed by atoms with Gasteiger partial charge < -0.3 is 14.6 Å². The number of hydrogen-bond donors (Lipinski definition) is 1. The zero-order valence-corrected chi connectivity index (χ0v) is 13.4. The Kier molecular flexibility index (Phi) is 6.63. The van der Waals surface area contributed by atoms with Gasteiger partial charge in [0, 0.05) is 0 Å². The van der Waals surface area contributed by atoms with Crippen molar-refractivity contribution in [1.82, 2.24) is 0 Å². The molecule has 0 aromatic heterocycles. The normalized spacial score (nSPS) is 11.4. The fourth-order valence-electron chi connectivity index (χ4n) is 1.72. The lowest BCUT2D eigenvalue weighted by Crippen LogP contribution is -2.15. The van der Waals surface area contributed by atoms with E-state index in [1.54, 1.807) is 12.1 Å². The molecule has 0 fully saturated rings. The third-order valence-corrected chi connectivity index (χ3v) is 3.04. The molecule has 0 atom stereocenters. The fraction of sp³-hybridized carbons (Fsp3) is 0.412. The van der Waals surface area contributed by atoms with Crippen molar-refractivity contribution < 1.29 is 24.2 Å². The quantitative estimate of drug-likeness (QED) is 0.363. The molecule has 1 rings (SSSR count). The first kappa shape index (κ1) is 17.8. The van der Waals surface area contributed by atoms with Crippen molar-refractivity contribution in [3.05, 3.63) is 29.3 Å². The number of ketones is 1. The van der Waals surface area contributed by atoms with Crippen molar-refractivity contribution >= 4 is 17.8 Å². The Morgan fingerprint density at radius 2 is 2.00 bits per heavy atom. The summed E-state index contributed by atoms with van der Waals surface area (Å²) < 4.78 is 10.1. The predicted molar refractivity (Wildman–Crippen MR) is 83.7 cm³/mol. The van der Waals surface area contributed by atoms with Crippen LogP contribution in [0.3, 0.4) is 0 Å². The van der Waals surface area contributed by atoms with Gasteiger partial charge in [-0.25, -0.2) is 4.79 Å². The Morgan fingerprint density at radius 3 is 2.55 bits per heavy atom. The smallest absolute Gasteiger partial charge is 0.341 e. The monoisotopic (exact) mass is 306 g/mol. The minimum absolute atomic E-state index is 0.0106. The molecule has 0 amide bonds. The molecule has 0 aliphatic carbocycles. The summed E-state index contributed by atoms with van der Waals surface area (Å²) in [5, 5.41) is 9.55. The van der Waals surface area contributed by atoms with Crippen LogP contribution in [0.4, 0.5) is 0 Å². The van der Waals surface area contributed by atoms with Gasteiger partial charge >= 0.3 is 5.97 Å². The van der Waals surface area contributed by atoms with Crippen molar-refractivity contribution in [3.8, 4) is 11.5 Å². The largest absolute Gasteiger partial charge is 0.504 e. The van der Waals surface area contributed by atoms with Crippen LogP contribution in [0.15, 0.2) is 23.8 Å². The second-order valence-electron chi connectivity index (χ2n) is 5.36. The fourth-order valence-corrected chi connectivity index (χ4v) is 1.72. The molecule has 1 aromatic carbocycles. The predicted octanol–water partition coefficient (Wildman–Crippen LogP) is 2.96. The number of esters is 1. The van der Waals surface area contributed by atoms with Gasteiger partial charge in [-0.3, -0.25) is 4.79 Å². The summed E-state index contributed by atoms with van der Waals surface area (Å²) in [6.45, 7) is 5.64. The van der Waals surface area contributed by atoms with Crippen LogP contribution in [0.25, 0.3) is 6.08 Å². The van der Waals surface area contributed by atoms with E-state index in [9.17, 15) is 14.7 Å². The third-order valence-electron chi connectivity index (χ3n) is 3.04. The molecule has 5 heteroatoms. The highest BCUT2D eigenvalue weighted by atomic mass is 16.5. The van der Waals surface area contributed by atoms with Gasteiger partial charge in [0.15, 0.2) is 17.3 Å². The third kappa shape index (κ3) is 5.24. The second-order valence-corrected chi connectivity index (χ2v) is 5.36. The summed E-state index contributed by atoms with van der Waals surface area (Å²) in [5.74, 6) is -0.339. The number of Topliss-reactive ketones (excluding diaryl/α,β-unsaturated/α-hetero) is 1. The average Bonchev–Trinajstić information content (AvgIpc) is 2.45. The van der Waals surface area contributed by atoms with Gasteiger partial charge in [0.1, 0.15) is 5.57 Å². The van der Waals surface area contributed by atoms with E-state index in [4.69, 9.17) is 9.47 Å². The Bertz CT molecular complexity index is 572. The van der Waals surface area contributed by atoms with Crippen LogP contribution in [-0.4, -0.2) is 30.6 Å². The number of carbonyl (C=O) groups is 2. The molecule has 0 heterocycles. The molecule has 1 aromatic rings. The Labute approximate surface area is 130 Å². The SMILES string of the molecule is COc1cc(/C=C(/C(C)=O)C(=O)OCCC(C)C)ccc1O. The second kappa shape index (κ2) is 8.22. The minimum atomic E-state index is -0.639. The molecule has 0 spiro atoms. The highest BCUT2D eigenvalue weighted by molar-refractivity contribution is 6.19. The Balaban J connectivity index is 2.94. The summed E-state index contributed by atoms with van der Waals surface area (Å²) >= 11 is 0. The van der Waals surface area contributed by atoms with Crippen molar-refractivity contribution in [2.24, 2.45) is 5.92 Å². The first-order chi connectivity index (χ1) is 10.3. The van der Waals surface area contributed by atoms with E-state index in [1.807, 2.05) is 13.8 Å². The maximum Gasteiger partial charge on any atom is 0.341 e. The number of hydrogen-bond acceptors (Lipinski definition) is 5. The van der Waals surface area contributed by atoms with Crippen LogP contribution in [0, 0.1) is 5.92 Å². The molecule has 0 saturated heterocycles. The number of carbonyl (C=O) groups excluding carboxylic acids is 2. The number of aromatic hydroxyl groups is 1. The Morgan fingerprint density at radius 1 is 1.32 bits per heavy atom. The van der Waals surface area contributed by atoms with Gasteiger partial charge in [-0.2, -0.15) is 0 Å². The molecule has 0 unspecified atom stereocenters. The van der Waals surface area contributed by atoms with Crippen LogP contribution in [0.5, 0.6) is 11.5 Å². The molecule has 0 aliphatic rings. The maximum absolute atomic E-state index is 12.0. The molecular weight excluding hydrogens is 284 g/mol. The zero-order valence-electron chi connectivity index (χ0n) is 13.4. The van der Waals surface area contributed by atoms with Gasteiger partial charge in [-0.15, -0.1) is 0 Å². The van der Waals surface area contributed by atoms with Gasteiger partial charge in [0.25, 0.3) is 0 Å². The highest BCUT2D eigenvalue weighted by Crippen LogP contribution is 2.27. The van der Waals surface area contributed by atoms with Crippen LogP contribution in [0.2, 0.25) is 0 Å². The Hall–Kier alpha value is -2.30. The standard InChI is InChI=1S/C17H22O5/c1-11(2)7-8-22-17(20)14(12(3)18)9-13-5-6-15(19)16(10-13)21-4/h5-6,9-11,19H,7-8H2,1-4H3/b14-9-.